The Balaban J connectivity index is 1.40. The molecule has 0 saturated heterocycles. The van der Waals surface area contributed by atoms with Crippen LogP contribution < -0.4 is 21.3 Å². The Hall–Kier alpha value is -3.82. The molecular weight excluding hydrogens is 380 g/mol. The summed E-state index contributed by atoms with van der Waals surface area (Å²) in [6.07, 6.45) is 1.75. The Morgan fingerprint density at radius 3 is 2.28 bits per heavy atom. The average Bonchev–Trinajstić information content (AvgIpc) is 2.67. The van der Waals surface area contributed by atoms with E-state index in [2.05, 4.69) is 36.4 Å². The molecule has 1 aromatic carbocycles. The van der Waals surface area contributed by atoms with E-state index >= 15 is 0 Å². The van der Waals surface area contributed by atoms with Gasteiger partial charge < -0.3 is 21.3 Å². The fourth-order valence-electron chi connectivity index (χ4n) is 2.33. The lowest BCUT2D eigenvalue weighted by atomic mass is 10.3. The Bertz CT molecular complexity index is 945. The lowest BCUT2D eigenvalue weighted by Crippen LogP contribution is -2.32. The van der Waals surface area contributed by atoms with Crippen LogP contribution >= 0.6 is 0 Å². The summed E-state index contributed by atoms with van der Waals surface area (Å²) in [6, 6.07) is 9.47. The fourth-order valence-corrected chi connectivity index (χ4v) is 2.33. The van der Waals surface area contributed by atoms with Crippen molar-refractivity contribution in [3.8, 4) is 0 Å². The summed E-state index contributed by atoms with van der Waals surface area (Å²) >= 11 is 0. The minimum atomic E-state index is -0.767. The van der Waals surface area contributed by atoms with Crippen molar-refractivity contribution in [2.24, 2.45) is 0 Å². The van der Waals surface area contributed by atoms with Gasteiger partial charge in [-0.3, -0.25) is 0 Å². The molecule has 150 valence electrons. The Kier molecular flexibility index (Phi) is 6.46. The largest absolute Gasteiger partial charge is 0.367 e. The number of anilines is 4. The van der Waals surface area contributed by atoms with Gasteiger partial charge in [-0.15, -0.1) is 10.2 Å². The highest BCUT2D eigenvalue weighted by Gasteiger charge is 2.05. The van der Waals surface area contributed by atoms with Gasteiger partial charge in [0.15, 0.2) is 5.82 Å². The van der Waals surface area contributed by atoms with Crippen molar-refractivity contribution in [2.75, 3.05) is 29.0 Å². The number of hydrogen-bond acceptors (Lipinski definition) is 6. The van der Waals surface area contributed by atoms with Crippen LogP contribution in [0.15, 0.2) is 48.7 Å². The van der Waals surface area contributed by atoms with Crippen LogP contribution in [0.5, 0.6) is 0 Å². The second-order valence-electron chi connectivity index (χ2n) is 6.12. The quantitative estimate of drug-likeness (QED) is 0.454. The maximum Gasteiger partial charge on any atom is 0.319 e. The number of carbonyl (C=O) groups excluding carboxylic acids is 1. The summed E-state index contributed by atoms with van der Waals surface area (Å²) in [5.74, 6) is 0.209. The van der Waals surface area contributed by atoms with Gasteiger partial charge >= 0.3 is 6.03 Å². The smallest absolute Gasteiger partial charge is 0.319 e. The lowest BCUT2D eigenvalue weighted by Gasteiger charge is -2.09. The van der Waals surface area contributed by atoms with E-state index in [0.717, 1.165) is 23.8 Å². The Morgan fingerprint density at radius 1 is 0.931 bits per heavy atom. The summed E-state index contributed by atoms with van der Waals surface area (Å²) < 4.78 is 26.2. The second kappa shape index (κ2) is 9.40. The van der Waals surface area contributed by atoms with E-state index < -0.39 is 17.7 Å². The Labute approximate surface area is 165 Å². The normalized spacial score (nSPS) is 10.3. The Morgan fingerprint density at radius 2 is 1.62 bits per heavy atom. The van der Waals surface area contributed by atoms with Crippen molar-refractivity contribution in [3.05, 3.63) is 65.9 Å². The van der Waals surface area contributed by atoms with Gasteiger partial charge in [0.25, 0.3) is 0 Å². The van der Waals surface area contributed by atoms with Crippen LogP contribution in [-0.2, 0) is 0 Å². The van der Waals surface area contributed by atoms with Gasteiger partial charge in [-0.2, -0.15) is 0 Å². The maximum atomic E-state index is 13.1. The topological polar surface area (TPSA) is 104 Å². The number of halogens is 2. The van der Waals surface area contributed by atoms with Crippen LogP contribution in [-0.4, -0.2) is 34.3 Å². The van der Waals surface area contributed by atoms with Crippen LogP contribution in [0.3, 0.4) is 0 Å². The van der Waals surface area contributed by atoms with Gasteiger partial charge in [0.1, 0.15) is 23.3 Å². The minimum absolute atomic E-state index is 0.0324. The first-order chi connectivity index (χ1) is 14.0. The SMILES string of the molecule is Cc1ccc(Nc2ccc(NCCNC(=O)Nc3cc(F)cc(F)c3)nn2)nc1. The average molecular weight is 399 g/mol. The second-order valence-corrected chi connectivity index (χ2v) is 6.12. The maximum absolute atomic E-state index is 13.1. The molecule has 4 N–H and O–H groups in total. The number of rotatable bonds is 7. The summed E-state index contributed by atoms with van der Waals surface area (Å²) in [7, 11) is 0. The molecule has 10 heteroatoms. The third kappa shape index (κ3) is 6.38. The molecule has 2 amide bonds. The number of pyridine rings is 1. The van der Waals surface area contributed by atoms with Crippen molar-refractivity contribution in [1.29, 1.82) is 0 Å². The van der Waals surface area contributed by atoms with E-state index in [-0.39, 0.29) is 12.2 Å². The van der Waals surface area contributed by atoms with E-state index in [9.17, 15) is 13.6 Å². The van der Waals surface area contributed by atoms with Gasteiger partial charge in [0.2, 0.25) is 0 Å². The van der Waals surface area contributed by atoms with E-state index in [0.29, 0.717) is 24.0 Å². The fraction of sp³-hybridized carbons (Fsp3) is 0.158. The number of nitrogens with one attached hydrogen (secondary N) is 4. The van der Waals surface area contributed by atoms with Crippen molar-refractivity contribution in [3.63, 3.8) is 0 Å². The van der Waals surface area contributed by atoms with Crippen LogP contribution in [0, 0.1) is 18.6 Å². The first-order valence-electron chi connectivity index (χ1n) is 8.76. The first kappa shape index (κ1) is 19.9. The highest BCUT2D eigenvalue weighted by Crippen LogP contribution is 2.13. The standard InChI is InChI=1S/C19H19F2N7O/c1-12-2-3-16(24-11-12)26-18-5-4-17(27-28-18)22-6-7-23-19(29)25-15-9-13(20)8-14(21)10-15/h2-5,8-11H,6-7H2,1H3,(H,22,27)(H2,23,25,29)(H,24,26,28). The van der Waals surface area contributed by atoms with Gasteiger partial charge in [0.05, 0.1) is 0 Å². The van der Waals surface area contributed by atoms with Crippen molar-refractivity contribution in [1.82, 2.24) is 20.5 Å². The monoisotopic (exact) mass is 399 g/mol. The number of nitrogens with zero attached hydrogens (tertiary/aromatic N) is 3. The van der Waals surface area contributed by atoms with E-state index in [4.69, 9.17) is 0 Å². The number of urea groups is 1. The zero-order chi connectivity index (χ0) is 20.6. The molecule has 0 saturated carbocycles. The van der Waals surface area contributed by atoms with E-state index in [1.165, 1.54) is 0 Å². The molecule has 2 aromatic heterocycles. The predicted octanol–water partition coefficient (Wildman–Crippen LogP) is 3.44. The zero-order valence-corrected chi connectivity index (χ0v) is 15.5. The summed E-state index contributed by atoms with van der Waals surface area (Å²) in [6.45, 7) is 2.60. The third-order valence-corrected chi connectivity index (χ3v) is 3.67. The molecule has 3 rings (SSSR count). The molecule has 0 spiro atoms. The minimum Gasteiger partial charge on any atom is -0.367 e. The van der Waals surface area contributed by atoms with Crippen LogP contribution in [0.2, 0.25) is 0 Å². The molecule has 2 heterocycles. The van der Waals surface area contributed by atoms with Gasteiger partial charge in [-0.25, -0.2) is 18.6 Å². The van der Waals surface area contributed by atoms with Gasteiger partial charge in [-0.05, 0) is 42.8 Å². The van der Waals surface area contributed by atoms with Crippen LogP contribution in [0.1, 0.15) is 5.56 Å². The van der Waals surface area contributed by atoms with Crippen molar-refractivity contribution < 1.29 is 13.6 Å². The summed E-state index contributed by atoms with van der Waals surface area (Å²) in [5.41, 5.74) is 1.09. The zero-order valence-electron chi connectivity index (χ0n) is 15.5. The third-order valence-electron chi connectivity index (χ3n) is 3.67. The molecule has 0 radical (unpaired) electrons. The van der Waals surface area contributed by atoms with Gasteiger partial charge in [-0.1, -0.05) is 6.07 Å². The molecular formula is C19H19F2N7O. The van der Waals surface area contributed by atoms with Crippen LogP contribution in [0.4, 0.5) is 36.7 Å². The number of aryl methyl sites for hydroxylation is 1. The predicted molar refractivity (Wildman–Crippen MR) is 106 cm³/mol. The number of amides is 2. The molecule has 0 unspecified atom stereocenters. The van der Waals surface area contributed by atoms with E-state index in [1.54, 1.807) is 18.3 Å². The van der Waals surface area contributed by atoms with E-state index in [1.807, 2.05) is 19.1 Å². The number of hydrogen-bond donors (Lipinski definition) is 4. The molecule has 0 aliphatic heterocycles. The highest BCUT2D eigenvalue weighted by molar-refractivity contribution is 5.89. The number of carbonyl (C=O) groups is 1. The molecule has 0 aliphatic rings. The summed E-state index contributed by atoms with van der Waals surface area (Å²) in [5, 5.41) is 19.0. The van der Waals surface area contributed by atoms with Crippen molar-refractivity contribution in [2.45, 2.75) is 6.92 Å². The number of benzene rings is 1. The molecule has 0 bridgehead atoms. The molecule has 0 fully saturated rings. The lowest BCUT2D eigenvalue weighted by molar-refractivity contribution is 0.252. The van der Waals surface area contributed by atoms with Gasteiger partial charge in [0, 0.05) is 31.0 Å². The van der Waals surface area contributed by atoms with Crippen LogP contribution in [0.25, 0.3) is 0 Å². The van der Waals surface area contributed by atoms with Crippen molar-refractivity contribution >= 4 is 29.2 Å². The number of aromatic nitrogens is 3. The summed E-state index contributed by atoms with van der Waals surface area (Å²) in [4.78, 5) is 16.0. The molecule has 29 heavy (non-hydrogen) atoms. The first-order valence-corrected chi connectivity index (χ1v) is 8.76. The molecule has 8 nitrogen and oxygen atoms in total. The highest BCUT2D eigenvalue weighted by atomic mass is 19.1. The molecule has 0 atom stereocenters. The molecule has 0 aliphatic carbocycles. The molecule has 3 aromatic rings.